The fourth-order valence-electron chi connectivity index (χ4n) is 0.738. The van der Waals surface area contributed by atoms with Gasteiger partial charge in [-0.1, -0.05) is 19.1 Å². The summed E-state index contributed by atoms with van der Waals surface area (Å²) < 4.78 is 2.63. The number of rotatable bonds is 2. The molecule has 1 aromatic rings. The van der Waals surface area contributed by atoms with Gasteiger partial charge in [0, 0.05) is 6.54 Å². The zero-order valence-corrected chi connectivity index (χ0v) is 7.67. The number of aromatic nitrogens is 3. The molecule has 1 rings (SSSR count). The van der Waals surface area contributed by atoms with E-state index in [1.165, 1.54) is 0 Å². The highest BCUT2D eigenvalue weighted by atomic mass is 79.9. The second-order valence-electron chi connectivity index (χ2n) is 2.66. The minimum Gasteiger partial charge on any atom is -0.251 e. The van der Waals surface area contributed by atoms with E-state index >= 15 is 0 Å². The standard InChI is InChI=1S/C6H10BrN3/c1-5(2)3-10-4-6(7)8-9-10/h4-5H,3H2,1-2H3. The summed E-state index contributed by atoms with van der Waals surface area (Å²) in [5.41, 5.74) is 0. The number of halogens is 1. The summed E-state index contributed by atoms with van der Waals surface area (Å²) in [4.78, 5) is 0. The fraction of sp³-hybridized carbons (Fsp3) is 0.667. The van der Waals surface area contributed by atoms with Crippen LogP contribution in [0.4, 0.5) is 0 Å². The van der Waals surface area contributed by atoms with E-state index < -0.39 is 0 Å². The van der Waals surface area contributed by atoms with E-state index in [1.54, 1.807) is 0 Å². The zero-order valence-electron chi connectivity index (χ0n) is 6.08. The third kappa shape index (κ3) is 2.10. The third-order valence-corrected chi connectivity index (χ3v) is 1.43. The van der Waals surface area contributed by atoms with Gasteiger partial charge in [-0.25, -0.2) is 0 Å². The van der Waals surface area contributed by atoms with Crippen LogP contribution in [0.2, 0.25) is 0 Å². The van der Waals surface area contributed by atoms with Crippen molar-refractivity contribution >= 4 is 15.9 Å². The fourth-order valence-corrected chi connectivity index (χ4v) is 1.05. The van der Waals surface area contributed by atoms with Crippen molar-refractivity contribution in [2.75, 3.05) is 0 Å². The summed E-state index contributed by atoms with van der Waals surface area (Å²) in [6.45, 7) is 5.23. The van der Waals surface area contributed by atoms with Crippen molar-refractivity contribution in [2.45, 2.75) is 20.4 Å². The van der Waals surface area contributed by atoms with Crippen molar-refractivity contribution in [1.82, 2.24) is 15.0 Å². The van der Waals surface area contributed by atoms with Gasteiger partial charge >= 0.3 is 0 Å². The van der Waals surface area contributed by atoms with Crippen LogP contribution in [0.15, 0.2) is 10.8 Å². The minimum atomic E-state index is 0.619. The topological polar surface area (TPSA) is 30.7 Å². The monoisotopic (exact) mass is 203 g/mol. The highest BCUT2D eigenvalue weighted by Gasteiger charge is 1.98. The minimum absolute atomic E-state index is 0.619. The molecule has 56 valence electrons. The molecule has 3 nitrogen and oxygen atoms in total. The molecule has 0 unspecified atom stereocenters. The van der Waals surface area contributed by atoms with Gasteiger partial charge in [-0.05, 0) is 21.8 Å². The Balaban J connectivity index is 2.58. The van der Waals surface area contributed by atoms with E-state index in [9.17, 15) is 0 Å². The molecule has 0 saturated heterocycles. The lowest BCUT2D eigenvalue weighted by atomic mass is 10.2. The van der Waals surface area contributed by atoms with Gasteiger partial charge in [-0.2, -0.15) is 0 Å². The average Bonchev–Trinajstić information content (AvgIpc) is 2.13. The molecule has 0 saturated carbocycles. The van der Waals surface area contributed by atoms with Gasteiger partial charge in [0.2, 0.25) is 0 Å². The SMILES string of the molecule is CC(C)Cn1cc(Br)nn1. The lowest BCUT2D eigenvalue weighted by molar-refractivity contribution is 0.472. The van der Waals surface area contributed by atoms with Crippen molar-refractivity contribution in [3.8, 4) is 0 Å². The lowest BCUT2D eigenvalue weighted by Crippen LogP contribution is -2.04. The Morgan fingerprint density at radius 2 is 2.40 bits per heavy atom. The van der Waals surface area contributed by atoms with Gasteiger partial charge in [-0.3, -0.25) is 4.68 Å². The normalized spacial score (nSPS) is 10.8. The van der Waals surface area contributed by atoms with Crippen LogP contribution >= 0.6 is 15.9 Å². The molecule has 0 aliphatic rings. The van der Waals surface area contributed by atoms with Crippen molar-refractivity contribution in [3.63, 3.8) is 0 Å². The van der Waals surface area contributed by atoms with E-state index in [4.69, 9.17) is 0 Å². The molecular weight excluding hydrogens is 194 g/mol. The molecule has 0 N–H and O–H groups in total. The molecule has 0 fully saturated rings. The number of nitrogens with zero attached hydrogens (tertiary/aromatic N) is 3. The summed E-state index contributed by atoms with van der Waals surface area (Å²) in [5.74, 6) is 0.619. The zero-order chi connectivity index (χ0) is 7.56. The highest BCUT2D eigenvalue weighted by molar-refractivity contribution is 9.10. The lowest BCUT2D eigenvalue weighted by Gasteiger charge is -2.01. The summed E-state index contributed by atoms with van der Waals surface area (Å²) >= 11 is 3.23. The first kappa shape index (κ1) is 7.72. The van der Waals surface area contributed by atoms with Crippen molar-refractivity contribution < 1.29 is 0 Å². The maximum atomic E-state index is 3.88. The predicted molar refractivity (Wildman–Crippen MR) is 42.6 cm³/mol. The van der Waals surface area contributed by atoms with Crippen LogP contribution in [0.25, 0.3) is 0 Å². The number of hydrogen-bond acceptors (Lipinski definition) is 2. The molecule has 0 spiro atoms. The van der Waals surface area contributed by atoms with Crippen LogP contribution in [0.1, 0.15) is 13.8 Å². The van der Waals surface area contributed by atoms with Crippen molar-refractivity contribution in [1.29, 1.82) is 0 Å². The second kappa shape index (κ2) is 3.14. The Morgan fingerprint density at radius 1 is 1.70 bits per heavy atom. The smallest absolute Gasteiger partial charge is 0.148 e. The maximum absolute atomic E-state index is 3.88. The van der Waals surface area contributed by atoms with Crippen LogP contribution in [0.3, 0.4) is 0 Å². The Morgan fingerprint density at radius 3 is 2.80 bits per heavy atom. The molecule has 1 heterocycles. The van der Waals surface area contributed by atoms with Crippen molar-refractivity contribution in [3.05, 3.63) is 10.8 Å². The molecule has 0 aliphatic carbocycles. The van der Waals surface area contributed by atoms with Crippen molar-refractivity contribution in [2.24, 2.45) is 5.92 Å². The molecule has 0 aliphatic heterocycles. The van der Waals surface area contributed by atoms with Crippen LogP contribution in [0.5, 0.6) is 0 Å². The van der Waals surface area contributed by atoms with Gasteiger partial charge in [0.25, 0.3) is 0 Å². The molecule has 0 amide bonds. The second-order valence-corrected chi connectivity index (χ2v) is 3.47. The first-order chi connectivity index (χ1) is 4.68. The Hall–Kier alpha value is -0.380. The molecule has 0 bridgehead atoms. The summed E-state index contributed by atoms with van der Waals surface area (Å²) in [6.07, 6.45) is 1.88. The molecular formula is C6H10BrN3. The van der Waals surface area contributed by atoms with E-state index in [0.717, 1.165) is 11.1 Å². The third-order valence-electron chi connectivity index (χ3n) is 1.06. The Kier molecular flexibility index (Phi) is 2.43. The molecule has 0 aromatic carbocycles. The van der Waals surface area contributed by atoms with E-state index in [1.807, 2.05) is 10.9 Å². The van der Waals surface area contributed by atoms with Gasteiger partial charge < -0.3 is 0 Å². The first-order valence-corrected chi connectivity index (χ1v) is 4.03. The molecule has 1 aromatic heterocycles. The van der Waals surface area contributed by atoms with E-state index in [-0.39, 0.29) is 0 Å². The van der Waals surface area contributed by atoms with Crippen LogP contribution in [-0.2, 0) is 6.54 Å². The molecule has 0 atom stereocenters. The quantitative estimate of drug-likeness (QED) is 0.733. The van der Waals surface area contributed by atoms with Crippen LogP contribution < -0.4 is 0 Å². The van der Waals surface area contributed by atoms with Gasteiger partial charge in [0.15, 0.2) is 0 Å². The molecule has 0 radical (unpaired) electrons. The average molecular weight is 204 g/mol. The largest absolute Gasteiger partial charge is 0.251 e. The van der Waals surface area contributed by atoms with E-state index in [0.29, 0.717) is 5.92 Å². The van der Waals surface area contributed by atoms with Gasteiger partial charge in [-0.15, -0.1) is 5.10 Å². The summed E-state index contributed by atoms with van der Waals surface area (Å²) in [7, 11) is 0. The first-order valence-electron chi connectivity index (χ1n) is 3.24. The summed E-state index contributed by atoms with van der Waals surface area (Å²) in [6, 6.07) is 0. The van der Waals surface area contributed by atoms with Gasteiger partial charge in [0.05, 0.1) is 6.20 Å². The van der Waals surface area contributed by atoms with Crippen LogP contribution in [-0.4, -0.2) is 15.0 Å². The maximum Gasteiger partial charge on any atom is 0.148 e. The Labute approximate surface area is 68.6 Å². The number of hydrogen-bond donors (Lipinski definition) is 0. The predicted octanol–water partition coefficient (Wildman–Crippen LogP) is 1.70. The summed E-state index contributed by atoms with van der Waals surface area (Å²) in [5, 5.41) is 7.68. The van der Waals surface area contributed by atoms with Gasteiger partial charge in [0.1, 0.15) is 4.60 Å². The highest BCUT2D eigenvalue weighted by Crippen LogP contribution is 2.03. The molecule has 10 heavy (non-hydrogen) atoms. The van der Waals surface area contributed by atoms with E-state index in [2.05, 4.69) is 40.1 Å². The van der Waals surface area contributed by atoms with Crippen LogP contribution in [0, 0.1) is 5.92 Å². The molecule has 4 heteroatoms. The Bertz CT molecular complexity index is 207.